The molecule has 0 saturated heterocycles. The minimum absolute atomic E-state index is 0.0646. The lowest BCUT2D eigenvalue weighted by atomic mass is 9.96. The van der Waals surface area contributed by atoms with Gasteiger partial charge in [0, 0.05) is 24.1 Å². The molecule has 5 rings (SSSR count). The van der Waals surface area contributed by atoms with Crippen LogP contribution in [0.1, 0.15) is 45.2 Å². The number of hydrogen-bond donors (Lipinski definition) is 3. The molecule has 0 saturated carbocycles. The number of imidazole rings is 1. The van der Waals surface area contributed by atoms with E-state index in [1.165, 1.54) is 14.0 Å². The van der Waals surface area contributed by atoms with E-state index in [9.17, 15) is 28.0 Å². The van der Waals surface area contributed by atoms with Crippen LogP contribution in [0.3, 0.4) is 0 Å². The number of benzene rings is 2. The molecule has 0 aliphatic carbocycles. The molecule has 2 aromatic carbocycles. The third-order valence-electron chi connectivity index (χ3n) is 5.82. The standard InChI is InChI=1S/C24H18F2N6O4S/c1-10(33)9-32-19(16-13-7-11(25)8-14(26)17(13)28-22(16)34)20(29-21(32)24(36)27-2)30-23(35)18-12-5-3-4-6-15(12)37-31-18/h3-8,16H,9H2,1-2H3,(H,27,36)(H,28,34)(H,30,35). The molecule has 4 aromatic rings. The predicted molar refractivity (Wildman–Crippen MR) is 131 cm³/mol. The zero-order valence-electron chi connectivity index (χ0n) is 19.4. The first-order valence-electron chi connectivity index (χ1n) is 11.0. The molecule has 1 atom stereocenters. The highest BCUT2D eigenvalue weighted by atomic mass is 32.1. The second-order valence-electron chi connectivity index (χ2n) is 8.29. The van der Waals surface area contributed by atoms with E-state index in [1.54, 1.807) is 24.3 Å². The van der Waals surface area contributed by atoms with Crippen LogP contribution in [0.25, 0.3) is 10.1 Å². The van der Waals surface area contributed by atoms with Gasteiger partial charge in [0.05, 0.1) is 22.6 Å². The van der Waals surface area contributed by atoms with Crippen LogP contribution in [0, 0.1) is 11.6 Å². The van der Waals surface area contributed by atoms with Gasteiger partial charge in [-0.3, -0.25) is 19.2 Å². The Hall–Kier alpha value is -4.52. The number of nitrogens with zero attached hydrogens (tertiary/aromatic N) is 3. The fourth-order valence-electron chi connectivity index (χ4n) is 4.30. The van der Waals surface area contributed by atoms with E-state index in [0.717, 1.165) is 26.9 Å². The van der Waals surface area contributed by atoms with Gasteiger partial charge in [-0.15, -0.1) is 0 Å². The first kappa shape index (κ1) is 24.2. The van der Waals surface area contributed by atoms with Gasteiger partial charge in [-0.1, -0.05) is 18.2 Å². The molecule has 0 fully saturated rings. The highest BCUT2D eigenvalue weighted by molar-refractivity contribution is 7.13. The van der Waals surface area contributed by atoms with Crippen molar-refractivity contribution < 1.29 is 28.0 Å². The summed E-state index contributed by atoms with van der Waals surface area (Å²) in [5.74, 6) is -6.32. The van der Waals surface area contributed by atoms with E-state index in [0.29, 0.717) is 11.5 Å². The monoisotopic (exact) mass is 524 g/mol. The Kier molecular flexibility index (Phi) is 5.99. The number of aromatic nitrogens is 3. The number of hydrogen-bond acceptors (Lipinski definition) is 7. The average Bonchev–Trinajstić information content (AvgIpc) is 3.52. The summed E-state index contributed by atoms with van der Waals surface area (Å²) < 4.78 is 34.8. The highest BCUT2D eigenvalue weighted by Crippen LogP contribution is 2.42. The quantitative estimate of drug-likeness (QED) is 0.355. The lowest BCUT2D eigenvalue weighted by Crippen LogP contribution is -2.26. The number of fused-ring (bicyclic) bond motifs is 2. The van der Waals surface area contributed by atoms with Gasteiger partial charge in [0.25, 0.3) is 11.8 Å². The minimum Gasteiger partial charge on any atom is -0.352 e. The second-order valence-corrected chi connectivity index (χ2v) is 9.10. The summed E-state index contributed by atoms with van der Waals surface area (Å²) in [6.07, 6.45) is 0. The van der Waals surface area contributed by atoms with Gasteiger partial charge in [-0.05, 0) is 30.6 Å². The van der Waals surface area contributed by atoms with Gasteiger partial charge < -0.3 is 20.5 Å². The molecule has 1 unspecified atom stereocenters. The van der Waals surface area contributed by atoms with Crippen molar-refractivity contribution in [2.24, 2.45) is 0 Å². The summed E-state index contributed by atoms with van der Waals surface area (Å²) in [5, 5.41) is 7.95. The van der Waals surface area contributed by atoms with Gasteiger partial charge >= 0.3 is 0 Å². The maximum absolute atomic E-state index is 14.5. The third-order valence-corrected chi connectivity index (χ3v) is 6.65. The Bertz CT molecular complexity index is 1630. The topological polar surface area (TPSA) is 135 Å². The number of anilines is 2. The van der Waals surface area contributed by atoms with E-state index in [2.05, 4.69) is 25.3 Å². The van der Waals surface area contributed by atoms with Crippen molar-refractivity contribution >= 4 is 56.6 Å². The van der Waals surface area contributed by atoms with Crippen LogP contribution in [0.2, 0.25) is 0 Å². The molecule has 1 aliphatic rings. The van der Waals surface area contributed by atoms with Crippen LogP contribution in [-0.2, 0) is 16.1 Å². The fourth-order valence-corrected chi connectivity index (χ4v) is 5.07. The van der Waals surface area contributed by atoms with E-state index < -0.39 is 47.6 Å². The number of Topliss-reactive ketones (excluding diaryl/α,β-unsaturated/α-hetero) is 1. The molecule has 3 heterocycles. The second kappa shape index (κ2) is 9.17. The summed E-state index contributed by atoms with van der Waals surface area (Å²) >= 11 is 1.11. The van der Waals surface area contributed by atoms with E-state index in [-0.39, 0.29) is 34.3 Å². The lowest BCUT2D eigenvalue weighted by Gasteiger charge is -2.16. The van der Waals surface area contributed by atoms with Gasteiger partial charge in [0.2, 0.25) is 11.7 Å². The lowest BCUT2D eigenvalue weighted by molar-refractivity contribution is -0.118. The Morgan fingerprint density at radius 1 is 1.16 bits per heavy atom. The molecular weight excluding hydrogens is 506 g/mol. The van der Waals surface area contributed by atoms with Crippen molar-refractivity contribution in [1.29, 1.82) is 0 Å². The molecule has 3 N–H and O–H groups in total. The third kappa shape index (κ3) is 4.12. The maximum Gasteiger partial charge on any atom is 0.287 e. The molecule has 0 radical (unpaired) electrons. The van der Waals surface area contributed by atoms with Gasteiger partial charge in [0.15, 0.2) is 5.82 Å². The summed E-state index contributed by atoms with van der Waals surface area (Å²) in [6.45, 7) is 0.872. The minimum atomic E-state index is -1.38. The van der Waals surface area contributed by atoms with Crippen LogP contribution >= 0.6 is 11.5 Å². The number of nitrogens with one attached hydrogen (secondary N) is 3. The number of carbonyl (C=O) groups excluding carboxylic acids is 4. The smallest absolute Gasteiger partial charge is 0.287 e. The summed E-state index contributed by atoms with van der Waals surface area (Å²) in [5.41, 5.74) is -0.299. The predicted octanol–water partition coefficient (Wildman–Crippen LogP) is 3.06. The van der Waals surface area contributed by atoms with Gasteiger partial charge in [0.1, 0.15) is 29.0 Å². The van der Waals surface area contributed by atoms with Crippen LogP contribution in [0.4, 0.5) is 20.3 Å². The molecule has 0 spiro atoms. The molecule has 2 aromatic heterocycles. The normalized spacial score (nSPS) is 14.4. The Morgan fingerprint density at radius 2 is 1.92 bits per heavy atom. The van der Waals surface area contributed by atoms with Crippen molar-refractivity contribution in [3.05, 3.63) is 70.8 Å². The number of rotatable bonds is 6. The van der Waals surface area contributed by atoms with Gasteiger partial charge in [-0.25, -0.2) is 13.8 Å². The van der Waals surface area contributed by atoms with Crippen molar-refractivity contribution in [2.45, 2.75) is 19.4 Å². The number of amides is 3. The molecule has 3 amide bonds. The first-order valence-corrected chi connectivity index (χ1v) is 11.7. The molecule has 0 bridgehead atoms. The summed E-state index contributed by atoms with van der Waals surface area (Å²) in [6, 6.07) is 8.65. The summed E-state index contributed by atoms with van der Waals surface area (Å²) in [4.78, 5) is 55.4. The average molecular weight is 525 g/mol. The van der Waals surface area contributed by atoms with Crippen molar-refractivity contribution in [3.63, 3.8) is 0 Å². The number of ketones is 1. The molecule has 13 heteroatoms. The molecule has 1 aliphatic heterocycles. The Balaban J connectivity index is 1.70. The summed E-state index contributed by atoms with van der Waals surface area (Å²) in [7, 11) is 1.34. The van der Waals surface area contributed by atoms with Crippen LogP contribution < -0.4 is 16.0 Å². The maximum atomic E-state index is 14.5. The number of carbonyl (C=O) groups is 4. The highest BCUT2D eigenvalue weighted by Gasteiger charge is 2.40. The van der Waals surface area contributed by atoms with E-state index in [1.807, 2.05) is 0 Å². The zero-order valence-corrected chi connectivity index (χ0v) is 20.2. The van der Waals surface area contributed by atoms with Crippen LogP contribution in [0.5, 0.6) is 0 Å². The van der Waals surface area contributed by atoms with Crippen LogP contribution in [-0.4, -0.2) is 44.5 Å². The van der Waals surface area contributed by atoms with Crippen molar-refractivity contribution in [2.75, 3.05) is 17.7 Å². The van der Waals surface area contributed by atoms with Crippen molar-refractivity contribution in [3.8, 4) is 0 Å². The SMILES string of the molecule is CNC(=O)c1nc(NC(=O)c2nsc3ccccc23)c(C2C(=O)Nc3c(F)cc(F)cc32)n1CC(C)=O. The van der Waals surface area contributed by atoms with E-state index in [4.69, 9.17) is 0 Å². The Labute approximate surface area is 211 Å². The number of halogens is 2. The molecule has 10 nitrogen and oxygen atoms in total. The largest absolute Gasteiger partial charge is 0.352 e. The first-order chi connectivity index (χ1) is 17.7. The van der Waals surface area contributed by atoms with Gasteiger partial charge in [-0.2, -0.15) is 4.37 Å². The molecule has 37 heavy (non-hydrogen) atoms. The zero-order chi connectivity index (χ0) is 26.4. The molecule has 188 valence electrons. The van der Waals surface area contributed by atoms with Crippen LogP contribution in [0.15, 0.2) is 36.4 Å². The van der Waals surface area contributed by atoms with E-state index >= 15 is 0 Å². The fraction of sp³-hybridized carbons (Fsp3) is 0.167. The Morgan fingerprint density at radius 3 is 2.65 bits per heavy atom. The van der Waals surface area contributed by atoms with Crippen molar-refractivity contribution in [1.82, 2.24) is 19.2 Å². The molecular formula is C24H18F2N6O4S.